The van der Waals surface area contributed by atoms with Crippen LogP contribution in [0, 0.1) is 6.92 Å². The van der Waals surface area contributed by atoms with Crippen molar-refractivity contribution >= 4 is 33.0 Å². The van der Waals surface area contributed by atoms with Gasteiger partial charge in [-0.1, -0.05) is 17.7 Å². The Morgan fingerprint density at radius 3 is 2.68 bits per heavy atom. The summed E-state index contributed by atoms with van der Waals surface area (Å²) >= 11 is 5.90. The van der Waals surface area contributed by atoms with Gasteiger partial charge >= 0.3 is 0 Å². The lowest BCUT2D eigenvalue weighted by atomic mass is 10.3. The number of nitrogen functional groups attached to an aromatic ring is 1. The van der Waals surface area contributed by atoms with Crippen molar-refractivity contribution < 1.29 is 8.42 Å². The van der Waals surface area contributed by atoms with Crippen LogP contribution in [-0.4, -0.2) is 13.4 Å². The van der Waals surface area contributed by atoms with Gasteiger partial charge in [-0.05, 0) is 31.2 Å². The van der Waals surface area contributed by atoms with Crippen LogP contribution in [-0.2, 0) is 10.0 Å². The van der Waals surface area contributed by atoms with Crippen molar-refractivity contribution in [2.45, 2.75) is 11.8 Å². The zero-order valence-corrected chi connectivity index (χ0v) is 11.7. The highest BCUT2D eigenvalue weighted by atomic mass is 35.5. The molecule has 0 aliphatic carbocycles. The van der Waals surface area contributed by atoms with Gasteiger partial charge in [-0.25, -0.2) is 8.42 Å². The second-order valence-corrected chi connectivity index (χ2v) is 5.98. The number of pyridine rings is 1. The van der Waals surface area contributed by atoms with E-state index in [1.807, 2.05) is 0 Å². The Hall–Kier alpha value is -1.79. The maximum Gasteiger partial charge on any atom is 0.265 e. The molecule has 0 atom stereocenters. The number of aryl methyl sites for hydroxylation is 1. The van der Waals surface area contributed by atoms with E-state index >= 15 is 0 Å². The largest absolute Gasteiger partial charge is 0.398 e. The molecule has 0 spiro atoms. The van der Waals surface area contributed by atoms with Gasteiger partial charge in [0.15, 0.2) is 0 Å². The Morgan fingerprint density at radius 1 is 1.32 bits per heavy atom. The molecule has 7 heteroatoms. The normalized spacial score (nSPS) is 11.3. The second-order valence-electron chi connectivity index (χ2n) is 3.95. The van der Waals surface area contributed by atoms with Crippen molar-refractivity contribution in [3.05, 3.63) is 47.2 Å². The molecule has 0 bridgehead atoms. The van der Waals surface area contributed by atoms with Crippen molar-refractivity contribution in [2.75, 3.05) is 10.5 Å². The number of rotatable bonds is 3. The maximum atomic E-state index is 12.3. The van der Waals surface area contributed by atoms with E-state index in [4.69, 9.17) is 17.3 Å². The van der Waals surface area contributed by atoms with E-state index in [1.54, 1.807) is 25.1 Å². The molecule has 0 aliphatic heterocycles. The highest BCUT2D eigenvalue weighted by molar-refractivity contribution is 7.93. The Kier molecular flexibility index (Phi) is 3.64. The molecule has 0 amide bonds. The van der Waals surface area contributed by atoms with Crippen molar-refractivity contribution in [2.24, 2.45) is 0 Å². The molecule has 0 aliphatic rings. The molecule has 1 aromatic heterocycles. The molecular formula is C12H12ClN3O2S. The van der Waals surface area contributed by atoms with Gasteiger partial charge < -0.3 is 5.73 Å². The van der Waals surface area contributed by atoms with Gasteiger partial charge in [0, 0.05) is 11.9 Å². The Balaban J connectivity index is 2.44. The lowest BCUT2D eigenvalue weighted by Crippen LogP contribution is -2.15. The first-order valence-electron chi connectivity index (χ1n) is 5.39. The molecule has 2 rings (SSSR count). The third-order valence-electron chi connectivity index (χ3n) is 2.42. The summed E-state index contributed by atoms with van der Waals surface area (Å²) in [6.45, 7) is 1.77. The zero-order chi connectivity index (χ0) is 14.0. The van der Waals surface area contributed by atoms with Gasteiger partial charge in [-0.2, -0.15) is 0 Å². The molecule has 0 saturated carbocycles. The smallest absolute Gasteiger partial charge is 0.265 e. The van der Waals surface area contributed by atoms with Crippen LogP contribution in [0.5, 0.6) is 0 Å². The molecule has 2 aromatic rings. The lowest BCUT2D eigenvalue weighted by Gasteiger charge is -2.11. The van der Waals surface area contributed by atoms with Gasteiger partial charge in [-0.15, -0.1) is 0 Å². The van der Waals surface area contributed by atoms with Crippen LogP contribution in [0.4, 0.5) is 11.4 Å². The highest BCUT2D eigenvalue weighted by Crippen LogP contribution is 2.28. The fourth-order valence-corrected chi connectivity index (χ4v) is 3.35. The van der Waals surface area contributed by atoms with Crippen LogP contribution < -0.4 is 10.5 Å². The number of nitrogens with one attached hydrogen (secondary N) is 1. The summed E-state index contributed by atoms with van der Waals surface area (Å²) in [6, 6.07) is 7.72. The lowest BCUT2D eigenvalue weighted by molar-refractivity contribution is 0.601. The number of sulfonamides is 1. The second kappa shape index (κ2) is 5.07. The van der Waals surface area contributed by atoms with E-state index in [1.165, 1.54) is 18.3 Å². The molecule has 0 unspecified atom stereocenters. The maximum absolute atomic E-state index is 12.3. The first kappa shape index (κ1) is 13.6. The molecule has 100 valence electrons. The number of aromatic nitrogens is 1. The van der Waals surface area contributed by atoms with Gasteiger partial charge in [0.1, 0.15) is 4.90 Å². The van der Waals surface area contributed by atoms with E-state index in [2.05, 4.69) is 9.71 Å². The SMILES string of the molecule is Cc1cc(NS(=O)(=O)c2c(N)cccc2Cl)ccn1. The molecule has 0 saturated heterocycles. The van der Waals surface area contributed by atoms with E-state index in [0.29, 0.717) is 11.4 Å². The van der Waals surface area contributed by atoms with Crippen molar-refractivity contribution in [3.63, 3.8) is 0 Å². The quantitative estimate of drug-likeness (QED) is 0.852. The monoisotopic (exact) mass is 297 g/mol. The molecule has 3 N–H and O–H groups in total. The Morgan fingerprint density at radius 2 is 2.05 bits per heavy atom. The van der Waals surface area contributed by atoms with Crippen LogP contribution in [0.15, 0.2) is 41.4 Å². The van der Waals surface area contributed by atoms with Crippen molar-refractivity contribution in [1.29, 1.82) is 0 Å². The average molecular weight is 298 g/mol. The highest BCUT2D eigenvalue weighted by Gasteiger charge is 2.21. The third kappa shape index (κ3) is 2.97. The summed E-state index contributed by atoms with van der Waals surface area (Å²) in [5, 5.41) is 0.0817. The minimum absolute atomic E-state index is 0.0817. The summed E-state index contributed by atoms with van der Waals surface area (Å²) in [6.07, 6.45) is 1.52. The number of anilines is 2. The summed E-state index contributed by atoms with van der Waals surface area (Å²) in [4.78, 5) is 3.87. The van der Waals surface area contributed by atoms with Crippen LogP contribution in [0.2, 0.25) is 5.02 Å². The molecule has 0 radical (unpaired) electrons. The standard InChI is InChI=1S/C12H12ClN3O2S/c1-8-7-9(5-6-15-8)16-19(17,18)12-10(13)3-2-4-11(12)14/h2-7H,14H2,1H3,(H,15,16). The first-order chi connectivity index (χ1) is 8.90. The Bertz CT molecular complexity index is 696. The van der Waals surface area contributed by atoms with Crippen LogP contribution in [0.25, 0.3) is 0 Å². The van der Waals surface area contributed by atoms with Crippen LogP contribution in [0.3, 0.4) is 0 Å². The number of benzene rings is 1. The third-order valence-corrected chi connectivity index (χ3v) is 4.34. The molecule has 5 nitrogen and oxygen atoms in total. The average Bonchev–Trinajstić information content (AvgIpc) is 2.27. The van der Waals surface area contributed by atoms with Gasteiger partial charge in [-0.3, -0.25) is 9.71 Å². The fraction of sp³-hybridized carbons (Fsp3) is 0.0833. The molecule has 1 aromatic carbocycles. The van der Waals surface area contributed by atoms with E-state index in [0.717, 1.165) is 0 Å². The molecule has 0 fully saturated rings. The fourth-order valence-electron chi connectivity index (χ4n) is 1.62. The summed E-state index contributed by atoms with van der Waals surface area (Å²) < 4.78 is 26.9. The number of nitrogens with two attached hydrogens (primary N) is 1. The summed E-state index contributed by atoms with van der Waals surface area (Å²) in [5.41, 5.74) is 6.89. The van der Waals surface area contributed by atoms with E-state index in [9.17, 15) is 8.42 Å². The minimum Gasteiger partial charge on any atom is -0.398 e. The molecule has 19 heavy (non-hydrogen) atoms. The van der Waals surface area contributed by atoms with Crippen LogP contribution in [0.1, 0.15) is 5.69 Å². The topological polar surface area (TPSA) is 85.1 Å². The number of hydrogen-bond donors (Lipinski definition) is 2. The molecular weight excluding hydrogens is 286 g/mol. The first-order valence-corrected chi connectivity index (χ1v) is 7.26. The zero-order valence-electron chi connectivity index (χ0n) is 10.1. The molecule has 1 heterocycles. The predicted octanol–water partition coefficient (Wildman–Crippen LogP) is 2.43. The summed E-state index contributed by atoms with van der Waals surface area (Å²) in [7, 11) is -3.83. The Labute approximate surface area is 116 Å². The summed E-state index contributed by atoms with van der Waals surface area (Å²) in [5.74, 6) is 0. The van der Waals surface area contributed by atoms with Crippen molar-refractivity contribution in [3.8, 4) is 0 Å². The van der Waals surface area contributed by atoms with Gasteiger partial charge in [0.05, 0.1) is 16.4 Å². The number of halogens is 1. The minimum atomic E-state index is -3.83. The van der Waals surface area contributed by atoms with Gasteiger partial charge in [0.2, 0.25) is 0 Å². The van der Waals surface area contributed by atoms with Crippen molar-refractivity contribution in [1.82, 2.24) is 4.98 Å². The van der Waals surface area contributed by atoms with Crippen LogP contribution >= 0.6 is 11.6 Å². The van der Waals surface area contributed by atoms with E-state index in [-0.39, 0.29) is 15.6 Å². The number of nitrogens with zero attached hydrogens (tertiary/aromatic N) is 1. The predicted molar refractivity (Wildman–Crippen MR) is 75.6 cm³/mol. The van der Waals surface area contributed by atoms with E-state index < -0.39 is 10.0 Å². The van der Waals surface area contributed by atoms with Gasteiger partial charge in [0.25, 0.3) is 10.0 Å². The number of hydrogen-bond acceptors (Lipinski definition) is 4.